The van der Waals surface area contributed by atoms with Crippen molar-refractivity contribution in [2.24, 2.45) is 0 Å². The Kier molecular flexibility index (Phi) is 11.3. The molecule has 0 fully saturated rings. The highest BCUT2D eigenvalue weighted by molar-refractivity contribution is 5.70. The van der Waals surface area contributed by atoms with E-state index in [1.165, 1.54) is 5.56 Å². The number of benzene rings is 3. The summed E-state index contributed by atoms with van der Waals surface area (Å²) in [5.41, 5.74) is 7.38. The van der Waals surface area contributed by atoms with Gasteiger partial charge in [-0.15, -0.1) is 0 Å². The second-order valence-electron chi connectivity index (χ2n) is 8.31. The molecule has 5 nitrogen and oxygen atoms in total. The first kappa shape index (κ1) is 26.3. The topological polar surface area (TPSA) is 91.2 Å². The predicted molar refractivity (Wildman–Crippen MR) is 130 cm³/mol. The zero-order valence-electron chi connectivity index (χ0n) is 19.6. The van der Waals surface area contributed by atoms with Gasteiger partial charge in [0.2, 0.25) is 0 Å². The van der Waals surface area contributed by atoms with Gasteiger partial charge in [-0.05, 0) is 24.5 Å². The molecule has 0 aromatic heterocycles. The highest BCUT2D eigenvalue weighted by Gasteiger charge is 2.26. The minimum Gasteiger partial charge on any atom is -0.547 e. The van der Waals surface area contributed by atoms with Crippen LogP contribution in [0.15, 0.2) is 91.0 Å². The number of aliphatic hydroxyl groups excluding tert-OH is 1. The lowest BCUT2D eigenvalue weighted by atomic mass is 10.0. The van der Waals surface area contributed by atoms with Gasteiger partial charge in [0.15, 0.2) is 0 Å². The van der Waals surface area contributed by atoms with Crippen LogP contribution in [0.3, 0.4) is 0 Å². The van der Waals surface area contributed by atoms with Crippen LogP contribution in [-0.4, -0.2) is 28.1 Å². The molecule has 5 heteroatoms. The van der Waals surface area contributed by atoms with Gasteiger partial charge in [-0.1, -0.05) is 104 Å². The quantitative estimate of drug-likeness (QED) is 0.499. The highest BCUT2D eigenvalue weighted by Crippen LogP contribution is 2.19. The van der Waals surface area contributed by atoms with Gasteiger partial charge in [-0.2, -0.15) is 0 Å². The Morgan fingerprint density at radius 1 is 0.879 bits per heavy atom. The molecule has 0 aliphatic carbocycles. The van der Waals surface area contributed by atoms with Crippen molar-refractivity contribution >= 4 is 5.97 Å². The molecule has 0 amide bonds. The molecule has 3 aromatic rings. The van der Waals surface area contributed by atoms with Crippen molar-refractivity contribution in [1.82, 2.24) is 4.90 Å². The van der Waals surface area contributed by atoms with Crippen molar-refractivity contribution in [3.8, 4) is 0 Å². The summed E-state index contributed by atoms with van der Waals surface area (Å²) in [6.07, 6.45) is -0.124. The van der Waals surface area contributed by atoms with Crippen molar-refractivity contribution < 1.29 is 20.7 Å². The van der Waals surface area contributed by atoms with E-state index in [4.69, 9.17) is 0 Å². The Balaban J connectivity index is 0.000000357. The second-order valence-corrected chi connectivity index (χ2v) is 8.31. The number of rotatable bonds is 10. The molecule has 0 aliphatic heterocycles. The molecule has 4 N–H and O–H groups in total. The Morgan fingerprint density at radius 2 is 1.30 bits per heavy atom. The molecule has 0 bridgehead atoms. The van der Waals surface area contributed by atoms with Crippen LogP contribution in [0.1, 0.15) is 49.4 Å². The van der Waals surface area contributed by atoms with E-state index in [0.717, 1.165) is 17.5 Å². The Labute approximate surface area is 197 Å². The monoisotopic (exact) mass is 448 g/mol. The fraction of sp³-hybridized carbons (Fsp3) is 0.321. The molecular weight excluding hydrogens is 412 g/mol. The molecule has 0 heterocycles. The van der Waals surface area contributed by atoms with Gasteiger partial charge >= 0.3 is 0 Å². The summed E-state index contributed by atoms with van der Waals surface area (Å²) in [7, 11) is 0. The molecule has 0 unspecified atom stereocenters. The smallest absolute Gasteiger partial charge is 0.109 e. The number of quaternary nitrogens is 1. The third kappa shape index (κ3) is 9.18. The Morgan fingerprint density at radius 3 is 1.64 bits per heavy atom. The van der Waals surface area contributed by atoms with E-state index in [1.807, 2.05) is 90.7 Å². The van der Waals surface area contributed by atoms with Crippen molar-refractivity contribution in [2.75, 3.05) is 0 Å². The van der Waals surface area contributed by atoms with E-state index in [0.29, 0.717) is 25.6 Å². The summed E-state index contributed by atoms with van der Waals surface area (Å²) in [6.45, 7) is 5.23. The molecule has 3 rings (SSSR count). The predicted octanol–water partition coefficient (Wildman–Crippen LogP) is 2.96. The number of nitrogens with zero attached hydrogens (tertiary/aromatic N) is 1. The van der Waals surface area contributed by atoms with Crippen LogP contribution >= 0.6 is 0 Å². The van der Waals surface area contributed by atoms with Crippen LogP contribution in [0, 0.1) is 0 Å². The maximum absolute atomic E-state index is 11.2. The van der Waals surface area contributed by atoms with Gasteiger partial charge < -0.3 is 20.7 Å². The molecule has 0 radical (unpaired) electrons. The van der Waals surface area contributed by atoms with E-state index >= 15 is 0 Å². The van der Waals surface area contributed by atoms with Gasteiger partial charge in [0.25, 0.3) is 0 Å². The van der Waals surface area contributed by atoms with Gasteiger partial charge in [0.1, 0.15) is 12.1 Å². The summed E-state index contributed by atoms with van der Waals surface area (Å²) in [5, 5.41) is 21.4. The minimum absolute atomic E-state index is 0.409. The first-order valence-electron chi connectivity index (χ1n) is 11.5. The Hall–Kier alpha value is -2.99. The molecule has 0 saturated heterocycles. The number of aliphatic carboxylic acids is 1. The largest absolute Gasteiger partial charge is 0.547 e. The van der Waals surface area contributed by atoms with E-state index in [9.17, 15) is 15.0 Å². The van der Waals surface area contributed by atoms with Crippen LogP contribution in [0.4, 0.5) is 0 Å². The van der Waals surface area contributed by atoms with Gasteiger partial charge in [0.05, 0.1) is 5.97 Å². The third-order valence-electron chi connectivity index (χ3n) is 5.49. The average molecular weight is 449 g/mol. The van der Waals surface area contributed by atoms with Crippen LogP contribution in [-0.2, 0) is 17.9 Å². The van der Waals surface area contributed by atoms with Crippen molar-refractivity contribution in [3.05, 3.63) is 108 Å². The minimum atomic E-state index is -1.50. The second kappa shape index (κ2) is 14.2. The molecule has 0 saturated carbocycles. The summed E-state index contributed by atoms with van der Waals surface area (Å²) in [4.78, 5) is 13.3. The first-order chi connectivity index (χ1) is 15.9. The molecule has 0 spiro atoms. The van der Waals surface area contributed by atoms with Crippen LogP contribution in [0.5, 0.6) is 0 Å². The molecule has 176 valence electrons. The first-order valence-corrected chi connectivity index (χ1v) is 11.5. The third-order valence-corrected chi connectivity index (χ3v) is 5.49. The van der Waals surface area contributed by atoms with Crippen LogP contribution in [0.25, 0.3) is 0 Å². The lowest BCUT2D eigenvalue weighted by Gasteiger charge is -2.35. The fourth-order valence-corrected chi connectivity index (χ4v) is 3.70. The summed E-state index contributed by atoms with van der Waals surface area (Å²) in [5.74, 6) is -1.42. The highest BCUT2D eigenvalue weighted by atomic mass is 16.4. The zero-order valence-corrected chi connectivity index (χ0v) is 19.6. The van der Waals surface area contributed by atoms with E-state index in [1.54, 1.807) is 0 Å². The summed E-state index contributed by atoms with van der Waals surface area (Å²) in [6, 6.07) is 30.0. The van der Waals surface area contributed by atoms with E-state index in [-0.39, 0.29) is 0 Å². The number of carbonyl (C=O) groups excluding carboxylic acids is 1. The Bertz CT molecular complexity index is 876. The van der Waals surface area contributed by atoms with Crippen LogP contribution in [0.2, 0.25) is 0 Å². The number of carboxylic acid groups (broad SMARTS) is 1. The van der Waals surface area contributed by atoms with Gasteiger partial charge in [-0.25, -0.2) is 0 Å². The number of carboxylic acids is 1. The lowest BCUT2D eigenvalue weighted by Crippen LogP contribution is -2.51. The normalized spacial score (nSPS) is 13.5. The fourth-order valence-electron chi connectivity index (χ4n) is 3.70. The molecule has 3 atom stereocenters. The van der Waals surface area contributed by atoms with Gasteiger partial charge in [-0.3, -0.25) is 4.90 Å². The maximum atomic E-state index is 11.2. The van der Waals surface area contributed by atoms with Crippen LogP contribution < -0.4 is 10.8 Å². The van der Waals surface area contributed by atoms with Crippen molar-refractivity contribution in [3.63, 3.8) is 0 Å². The lowest BCUT2D eigenvalue weighted by molar-refractivity contribution is -0.420. The number of hydrogen-bond acceptors (Lipinski definition) is 4. The van der Waals surface area contributed by atoms with Crippen molar-refractivity contribution in [1.29, 1.82) is 0 Å². The van der Waals surface area contributed by atoms with E-state index in [2.05, 4.69) is 24.8 Å². The molecule has 0 aliphatic rings. The molecular formula is C28H36N2O3. The molecule has 33 heavy (non-hydrogen) atoms. The number of carbonyl (C=O) groups is 1. The SMILES string of the molecule is CCC[C@@H]([C@H](O)C(=O)[O-])N(Cc1ccccc1)Cc1ccccc1.C[C@H]([NH3+])c1ccccc1. The molecule has 3 aromatic carbocycles. The zero-order chi connectivity index (χ0) is 24.1. The van der Waals surface area contributed by atoms with Crippen molar-refractivity contribution in [2.45, 2.75) is 58.0 Å². The average Bonchev–Trinajstić information content (AvgIpc) is 2.84. The van der Waals surface area contributed by atoms with Gasteiger partial charge in [0, 0.05) is 24.7 Å². The summed E-state index contributed by atoms with van der Waals surface area (Å²) >= 11 is 0. The van der Waals surface area contributed by atoms with E-state index < -0.39 is 18.1 Å². The maximum Gasteiger partial charge on any atom is 0.109 e. The number of aliphatic hydroxyl groups is 1. The number of hydrogen-bond donors (Lipinski definition) is 2. The standard InChI is InChI=1S/C20H25NO3.C8H11N/c1-2-9-18(19(22)20(23)24)21(14-16-10-5-3-6-11-16)15-17-12-7-4-8-13-17;1-7(9)8-5-3-2-4-6-8/h3-8,10-13,18-19,22H,2,9,14-15H2,1H3,(H,23,24);2-7H,9H2,1H3/t18-,19-;7-/m00/s1. The summed E-state index contributed by atoms with van der Waals surface area (Å²) < 4.78 is 0.